The number of amides is 1. The van der Waals surface area contributed by atoms with Gasteiger partial charge in [0, 0.05) is 17.3 Å². The summed E-state index contributed by atoms with van der Waals surface area (Å²) in [6.45, 7) is 0. The Kier molecular flexibility index (Phi) is 3.74. The average Bonchev–Trinajstić information content (AvgIpc) is 3.06. The molecular weight excluding hydrogens is 319 g/mol. The number of hydrogen-bond donors (Lipinski definition) is 1. The van der Waals surface area contributed by atoms with Gasteiger partial charge in [-0.2, -0.15) is 0 Å². The summed E-state index contributed by atoms with van der Waals surface area (Å²) in [5.74, 6) is -0.569. The molecule has 0 aliphatic carbocycles. The van der Waals surface area contributed by atoms with Crippen molar-refractivity contribution in [2.75, 3.05) is 5.32 Å². The number of aromatic nitrogens is 1. The molecule has 4 aromatic rings. The molecule has 1 aromatic heterocycles. The SMILES string of the molecule is O=C(Nc1ccc2nc(-c3ccccc3)oc2c1)c1ccccc1F. The highest BCUT2D eigenvalue weighted by atomic mass is 19.1. The number of anilines is 1. The lowest BCUT2D eigenvalue weighted by atomic mass is 10.2. The standard InChI is InChI=1S/C20H13FN2O2/c21-16-9-5-4-8-15(16)19(24)22-14-10-11-17-18(12-14)25-20(23-17)13-6-2-1-3-7-13/h1-12H,(H,22,24). The van der Waals surface area contributed by atoms with Crippen molar-refractivity contribution in [3.8, 4) is 11.5 Å². The summed E-state index contributed by atoms with van der Waals surface area (Å²) in [6, 6.07) is 20.5. The first kappa shape index (κ1) is 15.1. The number of carbonyl (C=O) groups is 1. The van der Waals surface area contributed by atoms with Crippen LogP contribution in [0, 0.1) is 5.82 Å². The Morgan fingerprint density at radius 1 is 0.960 bits per heavy atom. The largest absolute Gasteiger partial charge is 0.436 e. The summed E-state index contributed by atoms with van der Waals surface area (Å²) < 4.78 is 19.5. The Hall–Kier alpha value is -3.47. The van der Waals surface area contributed by atoms with Crippen LogP contribution < -0.4 is 5.32 Å². The summed E-state index contributed by atoms with van der Waals surface area (Å²) >= 11 is 0. The highest BCUT2D eigenvalue weighted by Gasteiger charge is 2.13. The van der Waals surface area contributed by atoms with Crippen LogP contribution in [0.15, 0.2) is 77.2 Å². The van der Waals surface area contributed by atoms with E-state index in [-0.39, 0.29) is 5.56 Å². The van der Waals surface area contributed by atoms with Crippen LogP contribution in [0.5, 0.6) is 0 Å². The molecular formula is C20H13FN2O2. The Bertz CT molecular complexity index is 1060. The van der Waals surface area contributed by atoms with E-state index in [0.717, 1.165) is 5.56 Å². The van der Waals surface area contributed by atoms with Crippen molar-refractivity contribution in [2.45, 2.75) is 0 Å². The third-order valence-electron chi connectivity index (χ3n) is 3.79. The molecule has 4 rings (SSSR count). The van der Waals surface area contributed by atoms with Crippen molar-refractivity contribution in [3.05, 3.63) is 84.2 Å². The lowest BCUT2D eigenvalue weighted by Crippen LogP contribution is -2.13. The van der Waals surface area contributed by atoms with E-state index >= 15 is 0 Å². The van der Waals surface area contributed by atoms with Crippen LogP contribution in [0.1, 0.15) is 10.4 Å². The number of rotatable bonds is 3. The van der Waals surface area contributed by atoms with Gasteiger partial charge in [-0.15, -0.1) is 0 Å². The van der Waals surface area contributed by atoms with Crippen LogP contribution in [-0.4, -0.2) is 10.9 Å². The van der Waals surface area contributed by atoms with Gasteiger partial charge in [0.15, 0.2) is 5.58 Å². The molecule has 0 bridgehead atoms. The molecule has 0 radical (unpaired) electrons. The summed E-state index contributed by atoms with van der Waals surface area (Å²) in [4.78, 5) is 16.6. The highest BCUT2D eigenvalue weighted by Crippen LogP contribution is 2.26. The smallest absolute Gasteiger partial charge is 0.258 e. The number of nitrogens with zero attached hydrogens (tertiary/aromatic N) is 1. The van der Waals surface area contributed by atoms with Gasteiger partial charge in [-0.25, -0.2) is 9.37 Å². The lowest BCUT2D eigenvalue weighted by Gasteiger charge is -2.05. The van der Waals surface area contributed by atoms with E-state index in [1.165, 1.54) is 18.2 Å². The first-order valence-electron chi connectivity index (χ1n) is 7.72. The highest BCUT2D eigenvalue weighted by molar-refractivity contribution is 6.05. The van der Waals surface area contributed by atoms with Crippen molar-refractivity contribution in [1.82, 2.24) is 4.98 Å². The van der Waals surface area contributed by atoms with Crippen LogP contribution in [0.2, 0.25) is 0 Å². The number of carbonyl (C=O) groups excluding carboxylic acids is 1. The second-order valence-corrected chi connectivity index (χ2v) is 5.50. The van der Waals surface area contributed by atoms with Gasteiger partial charge in [0.25, 0.3) is 5.91 Å². The topological polar surface area (TPSA) is 55.1 Å². The molecule has 0 atom stereocenters. The second-order valence-electron chi connectivity index (χ2n) is 5.50. The third kappa shape index (κ3) is 2.99. The van der Waals surface area contributed by atoms with E-state index < -0.39 is 11.7 Å². The monoisotopic (exact) mass is 332 g/mol. The lowest BCUT2D eigenvalue weighted by molar-refractivity contribution is 0.102. The molecule has 25 heavy (non-hydrogen) atoms. The quantitative estimate of drug-likeness (QED) is 0.581. The van der Waals surface area contributed by atoms with Gasteiger partial charge in [0.1, 0.15) is 11.3 Å². The van der Waals surface area contributed by atoms with Gasteiger partial charge in [-0.1, -0.05) is 30.3 Å². The van der Waals surface area contributed by atoms with Gasteiger partial charge in [0.05, 0.1) is 5.56 Å². The number of benzene rings is 3. The number of hydrogen-bond acceptors (Lipinski definition) is 3. The molecule has 5 heteroatoms. The molecule has 0 spiro atoms. The van der Waals surface area contributed by atoms with Crippen molar-refractivity contribution < 1.29 is 13.6 Å². The van der Waals surface area contributed by atoms with E-state index in [9.17, 15) is 9.18 Å². The number of oxazole rings is 1. The Balaban J connectivity index is 1.63. The Labute approximate surface area is 142 Å². The fourth-order valence-electron chi connectivity index (χ4n) is 2.55. The van der Waals surface area contributed by atoms with E-state index in [0.29, 0.717) is 22.7 Å². The van der Waals surface area contributed by atoms with Gasteiger partial charge in [0.2, 0.25) is 5.89 Å². The molecule has 1 N–H and O–H groups in total. The Morgan fingerprint density at radius 3 is 2.52 bits per heavy atom. The summed E-state index contributed by atoms with van der Waals surface area (Å²) in [6.07, 6.45) is 0. The van der Waals surface area contributed by atoms with Crippen molar-refractivity contribution in [3.63, 3.8) is 0 Å². The fourth-order valence-corrected chi connectivity index (χ4v) is 2.55. The average molecular weight is 332 g/mol. The maximum atomic E-state index is 13.7. The zero-order valence-corrected chi connectivity index (χ0v) is 13.1. The van der Waals surface area contributed by atoms with Gasteiger partial charge in [-0.3, -0.25) is 4.79 Å². The molecule has 0 fully saturated rings. The Morgan fingerprint density at radius 2 is 1.72 bits per heavy atom. The minimum absolute atomic E-state index is 0.00913. The molecule has 1 heterocycles. The third-order valence-corrected chi connectivity index (χ3v) is 3.79. The van der Waals surface area contributed by atoms with Crippen LogP contribution in [0.3, 0.4) is 0 Å². The van der Waals surface area contributed by atoms with Gasteiger partial charge in [-0.05, 0) is 36.4 Å². The molecule has 122 valence electrons. The maximum Gasteiger partial charge on any atom is 0.258 e. The van der Waals surface area contributed by atoms with Gasteiger partial charge < -0.3 is 9.73 Å². The fraction of sp³-hybridized carbons (Fsp3) is 0. The van der Waals surface area contributed by atoms with Gasteiger partial charge >= 0.3 is 0 Å². The maximum absolute atomic E-state index is 13.7. The minimum Gasteiger partial charge on any atom is -0.436 e. The second kappa shape index (κ2) is 6.20. The number of fused-ring (bicyclic) bond motifs is 1. The van der Waals surface area contributed by atoms with Crippen LogP contribution >= 0.6 is 0 Å². The molecule has 0 saturated carbocycles. The molecule has 1 amide bonds. The zero-order valence-electron chi connectivity index (χ0n) is 13.1. The van der Waals surface area contributed by atoms with Crippen LogP contribution in [0.25, 0.3) is 22.6 Å². The number of halogens is 1. The molecule has 3 aromatic carbocycles. The van der Waals surface area contributed by atoms with E-state index in [4.69, 9.17) is 4.42 Å². The molecule has 0 unspecified atom stereocenters. The molecule has 4 nitrogen and oxygen atoms in total. The normalized spacial score (nSPS) is 10.8. The van der Waals surface area contributed by atoms with E-state index in [1.807, 2.05) is 30.3 Å². The van der Waals surface area contributed by atoms with Crippen molar-refractivity contribution in [1.29, 1.82) is 0 Å². The van der Waals surface area contributed by atoms with Crippen LogP contribution in [0.4, 0.5) is 10.1 Å². The minimum atomic E-state index is -0.563. The predicted molar refractivity (Wildman–Crippen MR) is 93.8 cm³/mol. The van der Waals surface area contributed by atoms with Crippen molar-refractivity contribution in [2.24, 2.45) is 0 Å². The summed E-state index contributed by atoms with van der Waals surface area (Å²) in [5.41, 5.74) is 2.60. The molecule has 0 saturated heterocycles. The van der Waals surface area contributed by atoms with E-state index in [1.54, 1.807) is 24.3 Å². The zero-order chi connectivity index (χ0) is 17.2. The summed E-state index contributed by atoms with van der Waals surface area (Å²) in [7, 11) is 0. The first-order valence-corrected chi connectivity index (χ1v) is 7.72. The number of nitrogens with one attached hydrogen (secondary N) is 1. The summed E-state index contributed by atoms with van der Waals surface area (Å²) in [5, 5.41) is 2.67. The van der Waals surface area contributed by atoms with Crippen molar-refractivity contribution >= 4 is 22.7 Å². The van der Waals surface area contributed by atoms with E-state index in [2.05, 4.69) is 10.3 Å². The molecule has 0 aliphatic heterocycles. The molecule has 0 aliphatic rings. The van der Waals surface area contributed by atoms with Crippen LogP contribution in [-0.2, 0) is 0 Å². The predicted octanol–water partition coefficient (Wildman–Crippen LogP) is 4.89. The first-order chi connectivity index (χ1) is 12.2.